The molecule has 1 heterocycles. The highest BCUT2D eigenvalue weighted by Gasteiger charge is 2.41. The van der Waals surface area contributed by atoms with E-state index >= 15 is 0 Å². The van der Waals surface area contributed by atoms with Crippen LogP contribution < -0.4 is 9.47 Å². The first-order valence-corrected chi connectivity index (χ1v) is 6.68. The Morgan fingerprint density at radius 1 is 1.13 bits per heavy atom. The Hall–Kier alpha value is -2.22. The highest BCUT2D eigenvalue weighted by Crippen LogP contribution is 2.36. The summed E-state index contributed by atoms with van der Waals surface area (Å²) in [6.45, 7) is 0.589. The third kappa shape index (κ3) is 3.26. The van der Waals surface area contributed by atoms with Crippen LogP contribution in [-0.2, 0) is 11.3 Å². The lowest BCUT2D eigenvalue weighted by molar-refractivity contribution is -0.0884. The van der Waals surface area contributed by atoms with Crippen LogP contribution in [0.4, 0.5) is 13.2 Å². The van der Waals surface area contributed by atoms with Gasteiger partial charge in [-0.05, 0) is 6.07 Å². The second-order valence-electron chi connectivity index (χ2n) is 4.78. The van der Waals surface area contributed by atoms with Crippen molar-refractivity contribution in [3.63, 3.8) is 0 Å². The fraction of sp³-hybridized carbons (Fsp3) is 0.400. The second-order valence-corrected chi connectivity index (χ2v) is 4.78. The molecule has 0 radical (unpaired) electrons. The molecule has 0 unspecified atom stereocenters. The number of aromatic nitrogens is 1. The summed E-state index contributed by atoms with van der Waals surface area (Å²) < 4.78 is 55.2. The number of halogens is 3. The summed E-state index contributed by atoms with van der Waals surface area (Å²) in [5.74, 6) is -1.28. The van der Waals surface area contributed by atoms with Gasteiger partial charge in [0, 0.05) is 31.3 Å². The molecule has 126 valence electrons. The Morgan fingerprint density at radius 3 is 2.26 bits per heavy atom. The van der Waals surface area contributed by atoms with Gasteiger partial charge in [-0.15, -0.1) is 0 Å². The van der Waals surface area contributed by atoms with Gasteiger partial charge in [0.25, 0.3) is 5.78 Å². The first-order valence-electron chi connectivity index (χ1n) is 6.68. The number of benzene rings is 1. The zero-order valence-corrected chi connectivity index (χ0v) is 12.9. The number of nitrogens with zero attached hydrogens (tertiary/aromatic N) is 1. The average Bonchev–Trinajstić information content (AvgIpc) is 2.87. The molecule has 0 atom stereocenters. The standard InChI is InChI=1S/C15H16F3NO4/c1-21-5-4-19-8-10(14(20)15(16,17)18)9-6-12(22-2)13(23-3)7-11(9)19/h6-8H,4-5H2,1-3H3. The molecule has 0 aliphatic heterocycles. The van der Waals surface area contributed by atoms with Crippen LogP contribution in [0, 0.1) is 0 Å². The van der Waals surface area contributed by atoms with Crippen molar-refractivity contribution in [1.29, 1.82) is 0 Å². The van der Waals surface area contributed by atoms with Crippen LogP contribution in [0.1, 0.15) is 10.4 Å². The molecule has 5 nitrogen and oxygen atoms in total. The zero-order valence-electron chi connectivity index (χ0n) is 12.9. The summed E-state index contributed by atoms with van der Waals surface area (Å²) in [6, 6.07) is 2.91. The minimum atomic E-state index is -4.95. The normalized spacial score (nSPS) is 11.7. The van der Waals surface area contributed by atoms with Crippen LogP contribution >= 0.6 is 0 Å². The lowest BCUT2D eigenvalue weighted by atomic mass is 10.1. The Morgan fingerprint density at radius 2 is 1.74 bits per heavy atom. The van der Waals surface area contributed by atoms with Gasteiger partial charge in [0.05, 0.1) is 31.9 Å². The van der Waals surface area contributed by atoms with E-state index in [0.29, 0.717) is 17.8 Å². The first-order chi connectivity index (χ1) is 10.8. The Balaban J connectivity index is 2.69. The van der Waals surface area contributed by atoms with Gasteiger partial charge >= 0.3 is 6.18 Å². The summed E-state index contributed by atoms with van der Waals surface area (Å²) in [7, 11) is 4.28. The molecule has 0 bridgehead atoms. The minimum absolute atomic E-state index is 0.154. The van der Waals surface area contributed by atoms with E-state index in [9.17, 15) is 18.0 Å². The molecule has 0 aliphatic carbocycles. The topological polar surface area (TPSA) is 49.7 Å². The van der Waals surface area contributed by atoms with Crippen molar-refractivity contribution in [2.45, 2.75) is 12.7 Å². The van der Waals surface area contributed by atoms with E-state index in [4.69, 9.17) is 14.2 Å². The van der Waals surface area contributed by atoms with Gasteiger partial charge in [-0.2, -0.15) is 13.2 Å². The van der Waals surface area contributed by atoms with Crippen molar-refractivity contribution in [2.75, 3.05) is 27.9 Å². The van der Waals surface area contributed by atoms with Gasteiger partial charge in [0.15, 0.2) is 11.5 Å². The largest absolute Gasteiger partial charge is 0.493 e. The second kappa shape index (κ2) is 6.49. The number of alkyl halides is 3. The van der Waals surface area contributed by atoms with Gasteiger partial charge in [-0.25, -0.2) is 0 Å². The summed E-state index contributed by atoms with van der Waals surface area (Å²) >= 11 is 0. The lowest BCUT2D eigenvalue weighted by Gasteiger charge is -2.10. The molecule has 0 saturated carbocycles. The van der Waals surface area contributed by atoms with Crippen LogP contribution in [0.5, 0.6) is 11.5 Å². The van der Waals surface area contributed by atoms with E-state index < -0.39 is 17.5 Å². The molecule has 0 fully saturated rings. The van der Waals surface area contributed by atoms with Gasteiger partial charge in [0.1, 0.15) is 0 Å². The number of ether oxygens (including phenoxy) is 3. The first kappa shape index (κ1) is 17.1. The molecule has 23 heavy (non-hydrogen) atoms. The minimum Gasteiger partial charge on any atom is -0.493 e. The Kier molecular flexibility index (Phi) is 4.84. The highest BCUT2D eigenvalue weighted by atomic mass is 19.4. The van der Waals surface area contributed by atoms with Crippen LogP contribution in [0.2, 0.25) is 0 Å². The van der Waals surface area contributed by atoms with Crippen molar-refractivity contribution in [2.24, 2.45) is 0 Å². The van der Waals surface area contributed by atoms with Gasteiger partial charge in [-0.3, -0.25) is 4.79 Å². The number of rotatable bonds is 6. The van der Waals surface area contributed by atoms with E-state index in [1.54, 1.807) is 0 Å². The molecule has 0 N–H and O–H groups in total. The van der Waals surface area contributed by atoms with Crippen molar-refractivity contribution >= 4 is 16.7 Å². The summed E-state index contributed by atoms with van der Waals surface area (Å²) in [6.07, 6.45) is -3.77. The number of fused-ring (bicyclic) bond motifs is 1. The summed E-state index contributed by atoms with van der Waals surface area (Å²) in [5, 5.41) is 0.154. The fourth-order valence-electron chi connectivity index (χ4n) is 2.32. The van der Waals surface area contributed by atoms with Gasteiger partial charge in [0.2, 0.25) is 0 Å². The summed E-state index contributed by atoms with van der Waals surface area (Å²) in [5.41, 5.74) is 0.0110. The third-order valence-electron chi connectivity index (χ3n) is 3.42. The van der Waals surface area contributed by atoms with Crippen LogP contribution in [-0.4, -0.2) is 44.5 Å². The van der Waals surface area contributed by atoms with E-state index in [0.717, 1.165) is 0 Å². The van der Waals surface area contributed by atoms with Gasteiger partial charge in [-0.1, -0.05) is 0 Å². The SMILES string of the molecule is COCCn1cc(C(=O)C(F)(F)F)c2cc(OC)c(OC)cc21. The van der Waals surface area contributed by atoms with Crippen molar-refractivity contribution in [3.8, 4) is 11.5 Å². The van der Waals surface area contributed by atoms with E-state index in [1.165, 1.54) is 44.2 Å². The molecule has 8 heteroatoms. The van der Waals surface area contributed by atoms with Crippen molar-refractivity contribution in [1.82, 2.24) is 4.57 Å². The maximum atomic E-state index is 12.8. The molecule has 2 rings (SSSR count). The van der Waals surface area contributed by atoms with Crippen molar-refractivity contribution < 1.29 is 32.2 Å². The van der Waals surface area contributed by atoms with E-state index in [1.807, 2.05) is 0 Å². The molecular weight excluding hydrogens is 315 g/mol. The fourth-order valence-corrected chi connectivity index (χ4v) is 2.32. The molecule has 2 aromatic rings. The number of hydrogen-bond donors (Lipinski definition) is 0. The Labute approximate surface area is 130 Å². The number of carbonyl (C=O) groups excluding carboxylic acids is 1. The van der Waals surface area contributed by atoms with Crippen LogP contribution in [0.15, 0.2) is 18.3 Å². The average molecular weight is 331 g/mol. The van der Waals surface area contributed by atoms with E-state index in [-0.39, 0.29) is 17.7 Å². The zero-order chi connectivity index (χ0) is 17.2. The number of methoxy groups -OCH3 is 3. The van der Waals surface area contributed by atoms with Crippen LogP contribution in [0.25, 0.3) is 10.9 Å². The molecule has 0 spiro atoms. The maximum absolute atomic E-state index is 12.8. The summed E-state index contributed by atoms with van der Waals surface area (Å²) in [4.78, 5) is 11.7. The lowest BCUT2D eigenvalue weighted by Crippen LogP contribution is -2.22. The van der Waals surface area contributed by atoms with E-state index in [2.05, 4.69) is 0 Å². The number of hydrogen-bond acceptors (Lipinski definition) is 4. The Bertz CT molecular complexity index is 722. The number of ketones is 1. The quantitative estimate of drug-likeness (QED) is 0.764. The predicted molar refractivity (Wildman–Crippen MR) is 77.3 cm³/mol. The molecular formula is C15H16F3NO4. The van der Waals surface area contributed by atoms with Crippen LogP contribution in [0.3, 0.4) is 0 Å². The maximum Gasteiger partial charge on any atom is 0.454 e. The molecule has 0 aliphatic rings. The number of Topliss-reactive ketones (excluding diaryl/α,β-unsaturated/α-hetero) is 1. The molecule has 0 amide bonds. The highest BCUT2D eigenvalue weighted by molar-refractivity contribution is 6.11. The third-order valence-corrected chi connectivity index (χ3v) is 3.42. The van der Waals surface area contributed by atoms with Crippen molar-refractivity contribution in [3.05, 3.63) is 23.9 Å². The smallest absolute Gasteiger partial charge is 0.454 e. The molecule has 0 saturated heterocycles. The molecule has 1 aromatic heterocycles. The van der Waals surface area contributed by atoms with Gasteiger partial charge < -0.3 is 18.8 Å². The molecule has 1 aromatic carbocycles. The monoisotopic (exact) mass is 331 g/mol. The predicted octanol–water partition coefficient (Wildman–Crippen LogP) is 3.05. The number of carbonyl (C=O) groups is 1.